The number of hydrogen-bond donors (Lipinski definition) is 3. The fraction of sp³-hybridized carbons (Fsp3) is 0.887. The van der Waals surface area contributed by atoms with E-state index in [9.17, 15) is 19.8 Å². The van der Waals surface area contributed by atoms with Crippen molar-refractivity contribution in [2.45, 2.75) is 392 Å². The standard InChI is InChI=1S/C71H135NO5/c1-3-5-7-9-11-13-14-15-16-17-36-39-42-45-49-53-57-61-65-71(76)77-66-62-58-54-50-46-43-40-37-34-32-30-28-26-24-22-20-18-19-21-23-25-27-29-31-33-35-38-41-44-48-52-56-60-64-70(75)72-68(67-73)69(74)63-59-55-51-47-12-10-8-6-4-2/h13-14,16-17,59,63,68-69,73-74H,3-12,15,18-58,60-62,64-67H2,1-2H3,(H,72,75)/b14-13-,17-16-,63-59+. The summed E-state index contributed by atoms with van der Waals surface area (Å²) in [4.78, 5) is 24.5. The Hall–Kier alpha value is -1.92. The van der Waals surface area contributed by atoms with Crippen molar-refractivity contribution in [1.82, 2.24) is 5.32 Å². The highest BCUT2D eigenvalue weighted by Crippen LogP contribution is 2.19. The van der Waals surface area contributed by atoms with Gasteiger partial charge in [-0.2, -0.15) is 0 Å². The van der Waals surface area contributed by atoms with Gasteiger partial charge in [-0.15, -0.1) is 0 Å². The van der Waals surface area contributed by atoms with Gasteiger partial charge in [0, 0.05) is 12.8 Å². The van der Waals surface area contributed by atoms with Gasteiger partial charge in [0.05, 0.1) is 25.4 Å². The van der Waals surface area contributed by atoms with Crippen LogP contribution < -0.4 is 5.32 Å². The largest absolute Gasteiger partial charge is 0.466 e. The van der Waals surface area contributed by atoms with Gasteiger partial charge in [-0.3, -0.25) is 9.59 Å². The first-order chi connectivity index (χ1) is 38.0. The summed E-state index contributed by atoms with van der Waals surface area (Å²) < 4.78 is 5.50. The molecule has 77 heavy (non-hydrogen) atoms. The number of allylic oxidation sites excluding steroid dienone is 5. The Morgan fingerprint density at radius 1 is 0.364 bits per heavy atom. The molecule has 0 aromatic heterocycles. The maximum atomic E-state index is 12.4. The van der Waals surface area contributed by atoms with Crippen LogP contribution in [0.5, 0.6) is 0 Å². The van der Waals surface area contributed by atoms with Crippen molar-refractivity contribution >= 4 is 11.9 Å². The summed E-state index contributed by atoms with van der Waals surface area (Å²) in [7, 11) is 0. The summed E-state index contributed by atoms with van der Waals surface area (Å²) in [6, 6.07) is -0.622. The third-order valence-corrected chi connectivity index (χ3v) is 16.2. The summed E-state index contributed by atoms with van der Waals surface area (Å²) in [5, 5.41) is 23.0. The van der Waals surface area contributed by atoms with Crippen LogP contribution >= 0.6 is 0 Å². The van der Waals surface area contributed by atoms with E-state index in [-0.39, 0.29) is 18.5 Å². The van der Waals surface area contributed by atoms with Crippen molar-refractivity contribution in [2.24, 2.45) is 0 Å². The number of carbonyl (C=O) groups excluding carboxylic acids is 2. The Balaban J connectivity index is 3.29. The molecular formula is C71H135NO5. The van der Waals surface area contributed by atoms with Gasteiger partial charge < -0.3 is 20.3 Å². The van der Waals surface area contributed by atoms with E-state index in [0.29, 0.717) is 19.4 Å². The number of esters is 1. The van der Waals surface area contributed by atoms with Crippen molar-refractivity contribution in [3.8, 4) is 0 Å². The molecular weight excluding hydrogens is 947 g/mol. The minimum Gasteiger partial charge on any atom is -0.466 e. The highest BCUT2D eigenvalue weighted by molar-refractivity contribution is 5.76. The van der Waals surface area contributed by atoms with E-state index in [1.807, 2.05) is 6.08 Å². The second kappa shape index (κ2) is 66.6. The van der Waals surface area contributed by atoms with Crippen molar-refractivity contribution in [1.29, 1.82) is 0 Å². The third-order valence-electron chi connectivity index (χ3n) is 16.2. The molecule has 0 aromatic carbocycles. The van der Waals surface area contributed by atoms with Crippen LogP contribution in [0.3, 0.4) is 0 Å². The minimum absolute atomic E-state index is 0.0142. The topological polar surface area (TPSA) is 95.9 Å². The lowest BCUT2D eigenvalue weighted by molar-refractivity contribution is -0.143. The Morgan fingerprint density at radius 2 is 0.649 bits per heavy atom. The Kier molecular flexibility index (Phi) is 64.9. The zero-order chi connectivity index (χ0) is 55.7. The van der Waals surface area contributed by atoms with Crippen LogP contribution in [0.1, 0.15) is 380 Å². The summed E-state index contributed by atoms with van der Waals surface area (Å²) in [6.45, 7) is 4.88. The second-order valence-electron chi connectivity index (χ2n) is 23.9. The van der Waals surface area contributed by atoms with Crippen LogP contribution in [0, 0.1) is 0 Å². The van der Waals surface area contributed by atoms with Crippen LogP contribution in [0.25, 0.3) is 0 Å². The first-order valence-corrected chi connectivity index (χ1v) is 34.8. The normalized spacial score (nSPS) is 12.7. The average Bonchev–Trinajstić information content (AvgIpc) is 3.43. The lowest BCUT2D eigenvalue weighted by Gasteiger charge is -2.20. The van der Waals surface area contributed by atoms with Gasteiger partial charge in [0.1, 0.15) is 0 Å². The van der Waals surface area contributed by atoms with Crippen molar-refractivity contribution in [3.63, 3.8) is 0 Å². The monoisotopic (exact) mass is 1080 g/mol. The third kappa shape index (κ3) is 63.1. The van der Waals surface area contributed by atoms with Crippen LogP contribution in [0.2, 0.25) is 0 Å². The number of aliphatic hydroxyl groups is 2. The van der Waals surface area contributed by atoms with E-state index in [4.69, 9.17) is 4.74 Å². The molecule has 454 valence electrons. The number of hydrogen-bond acceptors (Lipinski definition) is 5. The SMILES string of the molecule is CCCCCC/C=C\C/C=C\CCCCCCCCCC(=O)OCCCCCCCCCCCCCCCCCCCCCCCCCCCCCCCCCCCC(=O)NC(CO)C(O)/C=C/CCCCCCCCC. The first-order valence-electron chi connectivity index (χ1n) is 34.8. The van der Waals surface area contributed by atoms with E-state index < -0.39 is 12.1 Å². The molecule has 0 heterocycles. The number of rotatable bonds is 65. The molecule has 0 spiro atoms. The van der Waals surface area contributed by atoms with Crippen LogP contribution in [0.15, 0.2) is 36.5 Å². The number of unbranched alkanes of at least 4 members (excludes halogenated alkanes) is 50. The summed E-state index contributed by atoms with van der Waals surface area (Å²) >= 11 is 0. The molecule has 0 aliphatic heterocycles. The average molecular weight is 1080 g/mol. The van der Waals surface area contributed by atoms with Gasteiger partial charge in [0.2, 0.25) is 5.91 Å². The van der Waals surface area contributed by atoms with Gasteiger partial charge in [-0.05, 0) is 64.2 Å². The smallest absolute Gasteiger partial charge is 0.305 e. The first kappa shape index (κ1) is 75.1. The maximum absolute atomic E-state index is 12.4. The van der Waals surface area contributed by atoms with Gasteiger partial charge >= 0.3 is 5.97 Å². The van der Waals surface area contributed by atoms with Gasteiger partial charge in [0.15, 0.2) is 0 Å². The molecule has 0 saturated carbocycles. The van der Waals surface area contributed by atoms with Crippen molar-refractivity contribution < 1.29 is 24.5 Å². The second-order valence-corrected chi connectivity index (χ2v) is 23.9. The van der Waals surface area contributed by atoms with Crippen molar-refractivity contribution in [2.75, 3.05) is 13.2 Å². The Labute approximate surface area is 481 Å². The maximum Gasteiger partial charge on any atom is 0.305 e. The Bertz CT molecular complexity index is 1250. The fourth-order valence-corrected chi connectivity index (χ4v) is 10.8. The van der Waals surface area contributed by atoms with E-state index >= 15 is 0 Å². The molecule has 2 unspecified atom stereocenters. The molecule has 6 heteroatoms. The lowest BCUT2D eigenvalue weighted by atomic mass is 10.0. The molecule has 0 aliphatic rings. The van der Waals surface area contributed by atoms with Gasteiger partial charge in [0.25, 0.3) is 0 Å². The highest BCUT2D eigenvalue weighted by atomic mass is 16.5. The molecule has 3 N–H and O–H groups in total. The molecule has 0 rings (SSSR count). The molecule has 2 atom stereocenters. The predicted octanol–water partition coefficient (Wildman–Crippen LogP) is 22.3. The number of carbonyl (C=O) groups is 2. The molecule has 0 bridgehead atoms. The highest BCUT2D eigenvalue weighted by Gasteiger charge is 2.18. The van der Waals surface area contributed by atoms with E-state index in [1.165, 1.54) is 302 Å². The van der Waals surface area contributed by atoms with E-state index in [2.05, 4.69) is 43.5 Å². The summed E-state index contributed by atoms with van der Waals surface area (Å²) in [6.07, 6.45) is 85.3. The predicted molar refractivity (Wildman–Crippen MR) is 338 cm³/mol. The molecule has 6 nitrogen and oxygen atoms in total. The number of aliphatic hydroxyl groups excluding tert-OH is 2. The molecule has 1 amide bonds. The fourth-order valence-electron chi connectivity index (χ4n) is 10.8. The molecule has 0 aliphatic carbocycles. The molecule has 0 saturated heterocycles. The number of nitrogens with one attached hydrogen (secondary N) is 1. The quantitative estimate of drug-likeness (QED) is 0.0320. The zero-order valence-electron chi connectivity index (χ0n) is 52.0. The van der Waals surface area contributed by atoms with E-state index in [0.717, 1.165) is 51.4 Å². The number of ether oxygens (including phenoxy) is 1. The molecule has 0 aromatic rings. The van der Waals surface area contributed by atoms with Gasteiger partial charge in [-0.25, -0.2) is 0 Å². The Morgan fingerprint density at radius 3 is 1.00 bits per heavy atom. The van der Waals surface area contributed by atoms with Crippen LogP contribution in [-0.4, -0.2) is 47.4 Å². The molecule has 0 fully saturated rings. The van der Waals surface area contributed by atoms with Crippen LogP contribution in [0.4, 0.5) is 0 Å². The summed E-state index contributed by atoms with van der Waals surface area (Å²) in [5.74, 6) is -0.0505. The molecule has 0 radical (unpaired) electrons. The minimum atomic E-state index is -0.838. The number of amides is 1. The zero-order valence-corrected chi connectivity index (χ0v) is 52.0. The summed E-state index contributed by atoms with van der Waals surface area (Å²) in [5.41, 5.74) is 0. The van der Waals surface area contributed by atoms with Gasteiger partial charge in [-0.1, -0.05) is 339 Å². The lowest BCUT2D eigenvalue weighted by Crippen LogP contribution is -2.45. The van der Waals surface area contributed by atoms with Crippen LogP contribution in [-0.2, 0) is 14.3 Å². The van der Waals surface area contributed by atoms with Crippen molar-refractivity contribution in [3.05, 3.63) is 36.5 Å². The van der Waals surface area contributed by atoms with E-state index in [1.54, 1.807) is 6.08 Å².